The Hall–Kier alpha value is -3.07. The predicted octanol–water partition coefficient (Wildman–Crippen LogP) is 1.14. The summed E-state index contributed by atoms with van der Waals surface area (Å²) in [5.41, 5.74) is 5.93. The fraction of sp³-hybridized carbons (Fsp3) is 0.450. The van der Waals surface area contributed by atoms with Crippen LogP contribution in [-0.4, -0.2) is 33.8 Å². The third kappa shape index (κ3) is 4.51. The highest BCUT2D eigenvalue weighted by Gasteiger charge is 2.30. The standard InChI is InChI=1S/C20H25N5O4/c1-12-22-18-13(20(29)25(12)15-9-10-17(27)24-19(15)28)6-5-7-14(18)23-16(26)8-3-2-4-11-21/h5-7,15H,2-4,8-11,21H2,1H3,(H,23,26)(H,24,27,28). The molecule has 0 spiro atoms. The van der Waals surface area contributed by atoms with Crippen molar-refractivity contribution in [2.45, 2.75) is 51.5 Å². The van der Waals surface area contributed by atoms with Gasteiger partial charge in [-0.2, -0.15) is 0 Å². The zero-order valence-electron chi connectivity index (χ0n) is 16.4. The normalized spacial score (nSPS) is 16.7. The molecule has 0 saturated carbocycles. The minimum absolute atomic E-state index is 0.150. The van der Waals surface area contributed by atoms with E-state index in [0.29, 0.717) is 35.4 Å². The second-order valence-electron chi connectivity index (χ2n) is 7.15. The number of hydrogen-bond acceptors (Lipinski definition) is 6. The largest absolute Gasteiger partial charge is 0.330 e. The third-order valence-corrected chi connectivity index (χ3v) is 5.01. The molecule has 0 bridgehead atoms. The molecule has 1 fully saturated rings. The van der Waals surface area contributed by atoms with Gasteiger partial charge in [0.2, 0.25) is 17.7 Å². The number of hydrogen-bond donors (Lipinski definition) is 3. The van der Waals surface area contributed by atoms with Gasteiger partial charge in [0, 0.05) is 12.8 Å². The number of rotatable bonds is 7. The summed E-state index contributed by atoms with van der Waals surface area (Å²) in [6, 6.07) is 4.20. The van der Waals surface area contributed by atoms with Gasteiger partial charge in [0.1, 0.15) is 17.4 Å². The van der Waals surface area contributed by atoms with E-state index in [4.69, 9.17) is 5.73 Å². The van der Waals surface area contributed by atoms with Crippen molar-refractivity contribution in [2.24, 2.45) is 5.73 Å². The number of anilines is 1. The maximum atomic E-state index is 13.1. The molecule has 1 aromatic carbocycles. The number of nitrogens with one attached hydrogen (secondary N) is 2. The van der Waals surface area contributed by atoms with Gasteiger partial charge in [0.15, 0.2) is 0 Å². The van der Waals surface area contributed by atoms with Crippen molar-refractivity contribution in [3.63, 3.8) is 0 Å². The van der Waals surface area contributed by atoms with Gasteiger partial charge in [0.25, 0.3) is 5.56 Å². The average Bonchev–Trinajstić information content (AvgIpc) is 2.67. The molecule has 9 heteroatoms. The summed E-state index contributed by atoms with van der Waals surface area (Å²) in [7, 11) is 0. The molecule has 1 unspecified atom stereocenters. The lowest BCUT2D eigenvalue weighted by molar-refractivity contribution is -0.135. The van der Waals surface area contributed by atoms with Crippen molar-refractivity contribution < 1.29 is 14.4 Å². The van der Waals surface area contributed by atoms with Gasteiger partial charge in [-0.1, -0.05) is 12.5 Å². The number of fused-ring (bicyclic) bond motifs is 1. The molecule has 4 N–H and O–H groups in total. The molecule has 2 heterocycles. The minimum atomic E-state index is -0.780. The van der Waals surface area contributed by atoms with E-state index >= 15 is 0 Å². The van der Waals surface area contributed by atoms with Crippen LogP contribution >= 0.6 is 0 Å². The van der Waals surface area contributed by atoms with E-state index in [2.05, 4.69) is 15.6 Å². The number of imide groups is 1. The van der Waals surface area contributed by atoms with E-state index in [1.807, 2.05) is 0 Å². The number of carbonyl (C=O) groups excluding carboxylic acids is 3. The van der Waals surface area contributed by atoms with Crippen molar-refractivity contribution in [1.29, 1.82) is 0 Å². The third-order valence-electron chi connectivity index (χ3n) is 5.01. The molecule has 1 atom stereocenters. The molecule has 1 saturated heterocycles. The molecule has 1 aliphatic rings. The van der Waals surface area contributed by atoms with Crippen LogP contribution in [0, 0.1) is 6.92 Å². The number of aryl methyl sites for hydroxylation is 1. The maximum absolute atomic E-state index is 13.1. The number of aromatic nitrogens is 2. The van der Waals surface area contributed by atoms with Crippen LogP contribution in [0.5, 0.6) is 0 Å². The monoisotopic (exact) mass is 399 g/mol. The molecule has 1 aromatic heterocycles. The van der Waals surface area contributed by atoms with Crippen LogP contribution in [0.15, 0.2) is 23.0 Å². The Kier molecular flexibility index (Phi) is 6.38. The Morgan fingerprint density at radius 2 is 2.07 bits per heavy atom. The highest BCUT2D eigenvalue weighted by atomic mass is 16.2. The summed E-state index contributed by atoms with van der Waals surface area (Å²) in [4.78, 5) is 53.5. The van der Waals surface area contributed by atoms with E-state index in [9.17, 15) is 19.2 Å². The van der Waals surface area contributed by atoms with Gasteiger partial charge in [-0.05, 0) is 44.9 Å². The molecule has 9 nitrogen and oxygen atoms in total. The smallest absolute Gasteiger partial charge is 0.262 e. The number of unbranched alkanes of at least 4 members (excludes halogenated alkanes) is 2. The summed E-state index contributed by atoms with van der Waals surface area (Å²) in [5.74, 6) is -0.651. The van der Waals surface area contributed by atoms with Crippen molar-refractivity contribution in [3.05, 3.63) is 34.4 Å². The van der Waals surface area contributed by atoms with Crippen LogP contribution in [0.1, 0.15) is 50.4 Å². The zero-order valence-corrected chi connectivity index (χ0v) is 16.4. The summed E-state index contributed by atoms with van der Waals surface area (Å²) < 4.78 is 1.32. The molecule has 0 aliphatic carbocycles. The molecular weight excluding hydrogens is 374 g/mol. The number of para-hydroxylation sites is 1. The summed E-state index contributed by atoms with van der Waals surface area (Å²) >= 11 is 0. The minimum Gasteiger partial charge on any atom is -0.330 e. The van der Waals surface area contributed by atoms with E-state index < -0.39 is 11.9 Å². The lowest BCUT2D eigenvalue weighted by atomic mass is 10.1. The quantitative estimate of drug-likeness (QED) is 0.472. The summed E-state index contributed by atoms with van der Waals surface area (Å²) in [6.07, 6.45) is 3.28. The van der Waals surface area contributed by atoms with Crippen LogP contribution in [-0.2, 0) is 14.4 Å². The van der Waals surface area contributed by atoms with Crippen LogP contribution in [0.2, 0.25) is 0 Å². The van der Waals surface area contributed by atoms with Crippen LogP contribution in [0.3, 0.4) is 0 Å². The van der Waals surface area contributed by atoms with E-state index in [0.717, 1.165) is 19.3 Å². The second kappa shape index (κ2) is 8.95. The Morgan fingerprint density at radius 3 is 2.79 bits per heavy atom. The number of amides is 3. The van der Waals surface area contributed by atoms with Gasteiger partial charge in [-0.25, -0.2) is 4.98 Å². The Balaban J connectivity index is 1.90. The van der Waals surface area contributed by atoms with Crippen molar-refractivity contribution in [1.82, 2.24) is 14.9 Å². The van der Waals surface area contributed by atoms with Gasteiger partial charge in [-0.3, -0.25) is 29.1 Å². The van der Waals surface area contributed by atoms with Crippen molar-refractivity contribution in [2.75, 3.05) is 11.9 Å². The second-order valence-corrected chi connectivity index (χ2v) is 7.15. The van der Waals surface area contributed by atoms with E-state index in [-0.39, 0.29) is 30.2 Å². The predicted molar refractivity (Wildman–Crippen MR) is 108 cm³/mol. The Morgan fingerprint density at radius 1 is 1.28 bits per heavy atom. The first-order valence-corrected chi connectivity index (χ1v) is 9.78. The maximum Gasteiger partial charge on any atom is 0.262 e. The number of benzene rings is 1. The molecule has 154 valence electrons. The Labute approximate surface area is 167 Å². The topological polar surface area (TPSA) is 136 Å². The highest BCUT2D eigenvalue weighted by molar-refractivity contribution is 6.01. The number of nitrogens with zero attached hydrogens (tertiary/aromatic N) is 2. The van der Waals surface area contributed by atoms with Gasteiger partial charge < -0.3 is 11.1 Å². The van der Waals surface area contributed by atoms with Gasteiger partial charge in [-0.15, -0.1) is 0 Å². The lowest BCUT2D eigenvalue weighted by Crippen LogP contribution is -2.45. The fourth-order valence-electron chi connectivity index (χ4n) is 3.54. The first-order chi connectivity index (χ1) is 13.9. The SMILES string of the molecule is Cc1nc2c(NC(=O)CCCCCN)cccc2c(=O)n1C1CCC(=O)NC1=O. The first-order valence-electron chi connectivity index (χ1n) is 9.78. The molecule has 29 heavy (non-hydrogen) atoms. The molecule has 2 aromatic rings. The molecule has 0 radical (unpaired) electrons. The Bertz CT molecular complexity index is 1010. The molecule has 3 rings (SSSR count). The van der Waals surface area contributed by atoms with Crippen molar-refractivity contribution >= 4 is 34.3 Å². The van der Waals surface area contributed by atoms with Crippen LogP contribution < -0.4 is 21.9 Å². The fourth-order valence-corrected chi connectivity index (χ4v) is 3.54. The zero-order chi connectivity index (χ0) is 21.0. The molecule has 3 amide bonds. The van der Waals surface area contributed by atoms with E-state index in [1.54, 1.807) is 25.1 Å². The van der Waals surface area contributed by atoms with Crippen LogP contribution in [0.25, 0.3) is 10.9 Å². The number of piperidine rings is 1. The van der Waals surface area contributed by atoms with Gasteiger partial charge in [0.05, 0.1) is 11.1 Å². The number of nitrogens with two attached hydrogens (primary N) is 1. The molecule has 1 aliphatic heterocycles. The lowest BCUT2D eigenvalue weighted by Gasteiger charge is -2.24. The van der Waals surface area contributed by atoms with Crippen LogP contribution in [0.4, 0.5) is 5.69 Å². The van der Waals surface area contributed by atoms with E-state index in [1.165, 1.54) is 4.57 Å². The summed E-state index contributed by atoms with van der Waals surface area (Å²) in [5, 5.41) is 5.40. The van der Waals surface area contributed by atoms with Crippen molar-refractivity contribution in [3.8, 4) is 0 Å². The number of carbonyl (C=O) groups is 3. The molecular formula is C20H25N5O4. The highest BCUT2D eigenvalue weighted by Crippen LogP contribution is 2.23. The average molecular weight is 399 g/mol. The first kappa shape index (κ1) is 20.7. The van der Waals surface area contributed by atoms with Gasteiger partial charge >= 0.3 is 0 Å². The summed E-state index contributed by atoms with van der Waals surface area (Å²) in [6.45, 7) is 2.24.